The predicted molar refractivity (Wildman–Crippen MR) is 75.6 cm³/mol. The summed E-state index contributed by atoms with van der Waals surface area (Å²) in [5, 5.41) is 2.99. The van der Waals surface area contributed by atoms with Crippen molar-refractivity contribution in [2.24, 2.45) is 0 Å². The van der Waals surface area contributed by atoms with E-state index < -0.39 is 0 Å². The van der Waals surface area contributed by atoms with Crippen LogP contribution in [0.1, 0.15) is 26.7 Å². The number of carbonyl (C=O) groups excluding carboxylic acids is 1. The number of carbonyl (C=O) groups is 1. The zero-order valence-corrected chi connectivity index (χ0v) is 11.7. The second kappa shape index (κ2) is 6.57. The minimum Gasteiger partial charge on any atom is -0.492 e. The summed E-state index contributed by atoms with van der Waals surface area (Å²) in [7, 11) is 0. The summed E-state index contributed by atoms with van der Waals surface area (Å²) in [4.78, 5) is 13.6. The predicted octanol–water partition coefficient (Wildman–Crippen LogP) is 1.09. The third-order valence-corrected chi connectivity index (χ3v) is 3.70. The molecule has 1 heterocycles. The minimum absolute atomic E-state index is 0.00261. The minimum atomic E-state index is -0.00261. The van der Waals surface area contributed by atoms with Crippen molar-refractivity contribution in [2.45, 2.75) is 32.7 Å². The van der Waals surface area contributed by atoms with E-state index in [9.17, 15) is 4.79 Å². The number of likely N-dealkylation sites (tertiary alicyclic amines) is 1. The molecule has 19 heavy (non-hydrogen) atoms. The highest BCUT2D eigenvalue weighted by molar-refractivity contribution is 5.94. The molecule has 0 aliphatic carbocycles. The third-order valence-electron chi connectivity index (χ3n) is 3.70. The summed E-state index contributed by atoms with van der Waals surface area (Å²) in [6.07, 6.45) is 2.45. The first-order chi connectivity index (χ1) is 9.22. The molecule has 1 aromatic carbocycles. The smallest absolute Gasteiger partial charge is 0.282 e. The quantitative estimate of drug-likeness (QED) is 0.835. The Hall–Kier alpha value is -1.55. The Labute approximate surface area is 114 Å². The highest BCUT2D eigenvalue weighted by atomic mass is 16.5. The topological polar surface area (TPSA) is 42.8 Å². The molecule has 1 aliphatic rings. The molecule has 4 heteroatoms. The van der Waals surface area contributed by atoms with Gasteiger partial charge in [0, 0.05) is 12.8 Å². The molecular formula is C15H23N2O2+. The maximum Gasteiger partial charge on any atom is 0.282 e. The van der Waals surface area contributed by atoms with Crippen LogP contribution in [0.2, 0.25) is 0 Å². The summed E-state index contributed by atoms with van der Waals surface area (Å²) in [5.41, 5.74) is 0.764. The van der Waals surface area contributed by atoms with Gasteiger partial charge in [-0.1, -0.05) is 12.1 Å². The molecule has 2 rings (SSSR count). The Balaban J connectivity index is 2.01. The molecule has 0 spiro atoms. The van der Waals surface area contributed by atoms with E-state index >= 15 is 0 Å². The van der Waals surface area contributed by atoms with E-state index in [-0.39, 0.29) is 11.9 Å². The van der Waals surface area contributed by atoms with Crippen molar-refractivity contribution in [3.63, 3.8) is 0 Å². The van der Waals surface area contributed by atoms with Crippen LogP contribution in [0.15, 0.2) is 24.3 Å². The zero-order valence-electron chi connectivity index (χ0n) is 11.7. The average molecular weight is 263 g/mol. The molecule has 0 saturated carbocycles. The average Bonchev–Trinajstić information content (AvgIpc) is 2.94. The molecule has 1 atom stereocenters. The number of anilines is 1. The lowest BCUT2D eigenvalue weighted by molar-refractivity contribution is -0.901. The number of rotatable bonds is 5. The molecule has 1 aromatic rings. The van der Waals surface area contributed by atoms with Gasteiger partial charge >= 0.3 is 0 Å². The summed E-state index contributed by atoms with van der Waals surface area (Å²) >= 11 is 0. The Morgan fingerprint density at radius 1 is 1.37 bits per heavy atom. The van der Waals surface area contributed by atoms with Crippen LogP contribution in [0.4, 0.5) is 5.69 Å². The first kappa shape index (κ1) is 13.9. The highest BCUT2D eigenvalue weighted by Crippen LogP contribution is 2.23. The van der Waals surface area contributed by atoms with Gasteiger partial charge in [0.15, 0.2) is 6.04 Å². The van der Waals surface area contributed by atoms with E-state index in [2.05, 4.69) is 5.32 Å². The Bertz CT molecular complexity index is 428. The molecular weight excluding hydrogens is 240 g/mol. The maximum atomic E-state index is 12.3. The van der Waals surface area contributed by atoms with Gasteiger partial charge < -0.3 is 15.0 Å². The molecule has 0 bridgehead atoms. The number of amides is 1. The van der Waals surface area contributed by atoms with E-state index in [4.69, 9.17) is 4.74 Å². The zero-order chi connectivity index (χ0) is 13.7. The largest absolute Gasteiger partial charge is 0.492 e. The molecule has 1 amide bonds. The lowest BCUT2D eigenvalue weighted by Crippen LogP contribution is -3.14. The number of quaternary nitrogens is 1. The normalized spacial score (nSPS) is 17.2. The number of ether oxygens (including phenoxy) is 1. The van der Waals surface area contributed by atoms with Gasteiger partial charge in [-0.3, -0.25) is 4.79 Å². The maximum absolute atomic E-state index is 12.3. The van der Waals surface area contributed by atoms with E-state index in [1.807, 2.05) is 38.1 Å². The van der Waals surface area contributed by atoms with E-state index in [0.29, 0.717) is 6.61 Å². The van der Waals surface area contributed by atoms with Crippen molar-refractivity contribution < 1.29 is 14.4 Å². The summed E-state index contributed by atoms with van der Waals surface area (Å²) in [6, 6.07) is 7.58. The van der Waals surface area contributed by atoms with E-state index in [0.717, 1.165) is 24.5 Å². The van der Waals surface area contributed by atoms with Gasteiger partial charge in [0.05, 0.1) is 25.4 Å². The molecule has 2 N–H and O–H groups in total. The molecule has 0 aromatic heterocycles. The first-order valence-corrected chi connectivity index (χ1v) is 7.09. The standard InChI is InChI=1S/C15H22N2O2/c1-3-19-14-9-5-4-8-13(14)16-15(18)12(2)17-10-6-7-11-17/h4-5,8-9,12H,3,6-7,10-11H2,1-2H3,(H,16,18)/p+1/t12-/m1/s1. The SMILES string of the molecule is CCOc1ccccc1NC(=O)[C@@H](C)[NH+]1CCCC1. The highest BCUT2D eigenvalue weighted by Gasteiger charge is 2.28. The molecule has 0 radical (unpaired) electrons. The van der Waals surface area contributed by atoms with Gasteiger partial charge in [0.25, 0.3) is 5.91 Å². The molecule has 1 aliphatic heterocycles. The van der Waals surface area contributed by atoms with Crippen molar-refractivity contribution in [3.05, 3.63) is 24.3 Å². The van der Waals surface area contributed by atoms with Crippen molar-refractivity contribution in [1.82, 2.24) is 0 Å². The number of para-hydroxylation sites is 2. The number of hydrogen-bond donors (Lipinski definition) is 2. The van der Waals surface area contributed by atoms with Gasteiger partial charge in [-0.15, -0.1) is 0 Å². The van der Waals surface area contributed by atoms with Crippen LogP contribution in [0.25, 0.3) is 0 Å². The van der Waals surface area contributed by atoms with Crippen molar-refractivity contribution in [2.75, 3.05) is 25.0 Å². The number of hydrogen-bond acceptors (Lipinski definition) is 2. The van der Waals surface area contributed by atoms with Gasteiger partial charge in [0.2, 0.25) is 0 Å². The van der Waals surface area contributed by atoms with Gasteiger partial charge in [-0.05, 0) is 26.0 Å². The molecule has 4 nitrogen and oxygen atoms in total. The van der Waals surface area contributed by atoms with Gasteiger partial charge in [0.1, 0.15) is 5.75 Å². The van der Waals surface area contributed by atoms with Crippen molar-refractivity contribution in [3.8, 4) is 5.75 Å². The third kappa shape index (κ3) is 3.47. The van der Waals surface area contributed by atoms with Crippen LogP contribution >= 0.6 is 0 Å². The first-order valence-electron chi connectivity index (χ1n) is 7.09. The second-order valence-electron chi connectivity index (χ2n) is 5.01. The van der Waals surface area contributed by atoms with Gasteiger partial charge in [-0.25, -0.2) is 0 Å². The molecule has 1 saturated heterocycles. The summed E-state index contributed by atoms with van der Waals surface area (Å²) in [6.45, 7) is 6.73. The Morgan fingerprint density at radius 2 is 2.05 bits per heavy atom. The Kier molecular flexibility index (Phi) is 4.80. The van der Waals surface area contributed by atoms with Crippen LogP contribution in [0.3, 0.4) is 0 Å². The fourth-order valence-electron chi connectivity index (χ4n) is 2.54. The van der Waals surface area contributed by atoms with Crippen LogP contribution < -0.4 is 15.0 Å². The Morgan fingerprint density at radius 3 is 2.74 bits per heavy atom. The van der Waals surface area contributed by atoms with Crippen molar-refractivity contribution >= 4 is 11.6 Å². The second-order valence-corrected chi connectivity index (χ2v) is 5.01. The molecule has 1 fully saturated rings. The van der Waals surface area contributed by atoms with Crippen LogP contribution in [-0.2, 0) is 4.79 Å². The number of nitrogens with one attached hydrogen (secondary N) is 2. The van der Waals surface area contributed by atoms with E-state index in [1.54, 1.807) is 0 Å². The molecule has 104 valence electrons. The fraction of sp³-hybridized carbons (Fsp3) is 0.533. The lowest BCUT2D eigenvalue weighted by Gasteiger charge is -2.20. The number of benzene rings is 1. The monoisotopic (exact) mass is 263 g/mol. The molecule has 0 unspecified atom stereocenters. The van der Waals surface area contributed by atoms with Crippen molar-refractivity contribution in [1.29, 1.82) is 0 Å². The van der Waals surface area contributed by atoms with Crippen LogP contribution in [0, 0.1) is 0 Å². The van der Waals surface area contributed by atoms with Crippen LogP contribution in [-0.4, -0.2) is 31.6 Å². The summed E-state index contributed by atoms with van der Waals surface area (Å²) in [5.74, 6) is 0.811. The fourth-order valence-corrected chi connectivity index (χ4v) is 2.54. The van der Waals surface area contributed by atoms with E-state index in [1.165, 1.54) is 17.7 Å². The van der Waals surface area contributed by atoms with Gasteiger partial charge in [-0.2, -0.15) is 0 Å². The summed E-state index contributed by atoms with van der Waals surface area (Å²) < 4.78 is 5.52. The van der Waals surface area contributed by atoms with Crippen LogP contribution in [0.5, 0.6) is 5.75 Å². The lowest BCUT2D eigenvalue weighted by atomic mass is 10.2.